The van der Waals surface area contributed by atoms with Crippen LogP contribution in [0, 0.1) is 0 Å². The van der Waals surface area contributed by atoms with E-state index in [0.29, 0.717) is 5.56 Å². The third-order valence-electron chi connectivity index (χ3n) is 2.08. The van der Waals surface area contributed by atoms with Gasteiger partial charge in [0.05, 0.1) is 5.56 Å². The van der Waals surface area contributed by atoms with E-state index >= 15 is 0 Å². The minimum Gasteiger partial charge on any atom is -0.481 e. The molecule has 0 saturated heterocycles. The third kappa shape index (κ3) is 3.15. The first-order chi connectivity index (χ1) is 7.30. The average molecular weight is 233 g/mol. The van der Waals surface area contributed by atoms with E-state index in [4.69, 9.17) is 10.8 Å². The van der Waals surface area contributed by atoms with Crippen molar-refractivity contribution in [3.63, 3.8) is 0 Å². The maximum atomic E-state index is 12.3. The molecule has 0 radical (unpaired) electrons. The molecule has 1 aromatic rings. The monoisotopic (exact) mass is 233 g/mol. The maximum Gasteiger partial charge on any atom is 0.416 e. The first-order valence-electron chi connectivity index (χ1n) is 4.48. The Kier molecular flexibility index (Phi) is 3.41. The Morgan fingerprint density at radius 2 is 2.00 bits per heavy atom. The molecule has 6 heteroatoms. The largest absolute Gasteiger partial charge is 0.481 e. The van der Waals surface area contributed by atoms with E-state index < -0.39 is 17.7 Å². The number of aliphatic carboxylic acids is 1. The number of carbonyl (C=O) groups is 1. The molecule has 0 spiro atoms. The Balaban J connectivity index is 2.88. The zero-order chi connectivity index (χ0) is 12.3. The molecule has 0 heterocycles. The molecule has 88 valence electrons. The Morgan fingerprint density at radius 3 is 2.44 bits per heavy atom. The van der Waals surface area contributed by atoms with Gasteiger partial charge in [-0.05, 0) is 24.1 Å². The van der Waals surface area contributed by atoms with Crippen LogP contribution in [0.1, 0.15) is 17.5 Å². The van der Waals surface area contributed by atoms with Crippen molar-refractivity contribution in [3.8, 4) is 0 Å². The van der Waals surface area contributed by atoms with Crippen molar-refractivity contribution >= 4 is 11.7 Å². The number of anilines is 1. The molecule has 0 fully saturated rings. The SMILES string of the molecule is Nc1cc(C(F)(F)F)ccc1CCC(=O)O. The average Bonchev–Trinajstić information content (AvgIpc) is 2.14. The van der Waals surface area contributed by atoms with Crippen LogP contribution in [0.15, 0.2) is 18.2 Å². The number of halogens is 3. The summed E-state index contributed by atoms with van der Waals surface area (Å²) in [5.74, 6) is -1.01. The van der Waals surface area contributed by atoms with E-state index in [1.807, 2.05) is 0 Å². The molecule has 0 bridgehead atoms. The molecule has 0 aliphatic carbocycles. The lowest BCUT2D eigenvalue weighted by molar-refractivity contribution is -0.138. The summed E-state index contributed by atoms with van der Waals surface area (Å²) in [6, 6.07) is 2.92. The smallest absolute Gasteiger partial charge is 0.416 e. The lowest BCUT2D eigenvalue weighted by Crippen LogP contribution is -2.07. The summed E-state index contributed by atoms with van der Waals surface area (Å²) < 4.78 is 36.8. The number of benzene rings is 1. The summed E-state index contributed by atoms with van der Waals surface area (Å²) in [5, 5.41) is 8.43. The topological polar surface area (TPSA) is 63.3 Å². The van der Waals surface area contributed by atoms with Crippen LogP contribution < -0.4 is 5.73 Å². The normalized spacial score (nSPS) is 11.4. The fraction of sp³-hybridized carbons (Fsp3) is 0.300. The van der Waals surface area contributed by atoms with Crippen molar-refractivity contribution in [2.75, 3.05) is 5.73 Å². The maximum absolute atomic E-state index is 12.3. The Morgan fingerprint density at radius 1 is 1.38 bits per heavy atom. The number of nitrogens with two attached hydrogens (primary N) is 1. The van der Waals surface area contributed by atoms with Gasteiger partial charge in [-0.15, -0.1) is 0 Å². The standard InChI is InChI=1S/C10H10F3NO2/c11-10(12,13)7-3-1-6(8(14)5-7)2-4-9(15)16/h1,3,5H,2,4,14H2,(H,15,16). The van der Waals surface area contributed by atoms with Gasteiger partial charge in [-0.25, -0.2) is 0 Å². The molecule has 16 heavy (non-hydrogen) atoms. The van der Waals surface area contributed by atoms with Crippen molar-refractivity contribution in [2.24, 2.45) is 0 Å². The number of alkyl halides is 3. The van der Waals surface area contributed by atoms with Crippen LogP contribution in [0.4, 0.5) is 18.9 Å². The molecular weight excluding hydrogens is 223 g/mol. The summed E-state index contributed by atoms with van der Waals surface area (Å²) in [5.41, 5.74) is 4.96. The summed E-state index contributed by atoms with van der Waals surface area (Å²) >= 11 is 0. The summed E-state index contributed by atoms with van der Waals surface area (Å²) in [7, 11) is 0. The van der Waals surface area contributed by atoms with Crippen LogP contribution >= 0.6 is 0 Å². The number of carboxylic acid groups (broad SMARTS) is 1. The van der Waals surface area contributed by atoms with Crippen LogP contribution in [-0.2, 0) is 17.4 Å². The number of hydrogen-bond donors (Lipinski definition) is 2. The molecule has 0 amide bonds. The molecule has 3 N–H and O–H groups in total. The second-order valence-corrected chi connectivity index (χ2v) is 3.31. The van der Waals surface area contributed by atoms with Gasteiger partial charge in [0.25, 0.3) is 0 Å². The van der Waals surface area contributed by atoms with E-state index in [9.17, 15) is 18.0 Å². The quantitative estimate of drug-likeness (QED) is 0.787. The molecule has 0 aliphatic heterocycles. The van der Waals surface area contributed by atoms with Crippen LogP contribution in [-0.4, -0.2) is 11.1 Å². The van der Waals surface area contributed by atoms with Gasteiger partial charge in [0.1, 0.15) is 0 Å². The first-order valence-corrected chi connectivity index (χ1v) is 4.48. The molecule has 1 aromatic carbocycles. The summed E-state index contributed by atoms with van der Waals surface area (Å²) in [6.07, 6.45) is -4.46. The molecule has 0 unspecified atom stereocenters. The van der Waals surface area contributed by atoms with E-state index in [1.165, 1.54) is 6.07 Å². The predicted molar refractivity (Wildman–Crippen MR) is 51.8 cm³/mol. The number of rotatable bonds is 3. The third-order valence-corrected chi connectivity index (χ3v) is 2.08. The predicted octanol–water partition coefficient (Wildman–Crippen LogP) is 2.30. The molecule has 0 aromatic heterocycles. The second kappa shape index (κ2) is 4.42. The fourth-order valence-electron chi connectivity index (χ4n) is 1.24. The van der Waals surface area contributed by atoms with Gasteiger partial charge in [0, 0.05) is 12.1 Å². The van der Waals surface area contributed by atoms with E-state index in [-0.39, 0.29) is 18.5 Å². The van der Waals surface area contributed by atoms with Crippen LogP contribution in [0.3, 0.4) is 0 Å². The fourth-order valence-corrected chi connectivity index (χ4v) is 1.24. The van der Waals surface area contributed by atoms with E-state index in [1.54, 1.807) is 0 Å². The Bertz CT molecular complexity index is 402. The Hall–Kier alpha value is -1.72. The molecule has 0 saturated carbocycles. The highest BCUT2D eigenvalue weighted by molar-refractivity contribution is 5.67. The van der Waals surface area contributed by atoms with Crippen molar-refractivity contribution in [1.29, 1.82) is 0 Å². The highest BCUT2D eigenvalue weighted by Gasteiger charge is 2.30. The van der Waals surface area contributed by atoms with Crippen molar-refractivity contribution in [3.05, 3.63) is 29.3 Å². The van der Waals surface area contributed by atoms with Gasteiger partial charge in [-0.1, -0.05) is 6.07 Å². The van der Waals surface area contributed by atoms with E-state index in [0.717, 1.165) is 12.1 Å². The van der Waals surface area contributed by atoms with Crippen molar-refractivity contribution in [1.82, 2.24) is 0 Å². The minimum absolute atomic E-state index is 0.0314. The number of nitrogen functional groups attached to an aromatic ring is 1. The van der Waals surface area contributed by atoms with Crippen LogP contribution in [0.5, 0.6) is 0 Å². The van der Waals surface area contributed by atoms with Crippen molar-refractivity contribution in [2.45, 2.75) is 19.0 Å². The van der Waals surface area contributed by atoms with E-state index in [2.05, 4.69) is 0 Å². The van der Waals surface area contributed by atoms with Gasteiger partial charge in [0.2, 0.25) is 0 Å². The number of hydrogen-bond acceptors (Lipinski definition) is 2. The molecular formula is C10H10F3NO2. The molecule has 0 aliphatic rings. The highest BCUT2D eigenvalue weighted by Crippen LogP contribution is 2.31. The van der Waals surface area contributed by atoms with Gasteiger partial charge in [0.15, 0.2) is 0 Å². The van der Waals surface area contributed by atoms with Crippen LogP contribution in [0.25, 0.3) is 0 Å². The first kappa shape index (κ1) is 12.4. The minimum atomic E-state index is -4.43. The number of aryl methyl sites for hydroxylation is 1. The molecule has 0 atom stereocenters. The Labute approximate surface area is 89.7 Å². The van der Waals surface area contributed by atoms with Gasteiger partial charge >= 0.3 is 12.1 Å². The summed E-state index contributed by atoms with van der Waals surface area (Å²) in [6.45, 7) is 0. The summed E-state index contributed by atoms with van der Waals surface area (Å²) in [4.78, 5) is 10.3. The lowest BCUT2D eigenvalue weighted by atomic mass is 10.0. The van der Waals surface area contributed by atoms with Crippen LogP contribution in [0.2, 0.25) is 0 Å². The molecule has 1 rings (SSSR count). The van der Waals surface area contributed by atoms with Gasteiger partial charge < -0.3 is 10.8 Å². The zero-order valence-corrected chi connectivity index (χ0v) is 8.21. The second-order valence-electron chi connectivity index (χ2n) is 3.31. The zero-order valence-electron chi connectivity index (χ0n) is 8.21. The number of carboxylic acids is 1. The van der Waals surface area contributed by atoms with Gasteiger partial charge in [-0.2, -0.15) is 13.2 Å². The highest BCUT2D eigenvalue weighted by atomic mass is 19.4. The molecule has 3 nitrogen and oxygen atoms in total. The van der Waals surface area contributed by atoms with Gasteiger partial charge in [-0.3, -0.25) is 4.79 Å². The van der Waals surface area contributed by atoms with Crippen molar-refractivity contribution < 1.29 is 23.1 Å². The lowest BCUT2D eigenvalue weighted by Gasteiger charge is -2.10.